The first-order chi connectivity index (χ1) is 2.89. The molecule has 1 aliphatic rings. The van der Waals surface area contributed by atoms with Crippen molar-refractivity contribution < 1.29 is 4.84 Å². The van der Waals surface area contributed by atoms with Gasteiger partial charge in [-0.2, -0.15) is 0 Å². The first-order valence-electron chi connectivity index (χ1n) is 1.69. The van der Waals surface area contributed by atoms with Crippen LogP contribution < -0.4 is 0 Å². The first-order valence-corrected chi connectivity index (χ1v) is 2.67. The molecule has 0 saturated heterocycles. The van der Waals surface area contributed by atoms with E-state index in [2.05, 4.69) is 9.99 Å². The Kier molecular flexibility index (Phi) is 1.01. The lowest BCUT2D eigenvalue weighted by Gasteiger charge is -1.75. The molecule has 0 bridgehead atoms. The fourth-order valence-corrected chi connectivity index (χ4v) is 0.637. The molecule has 0 aromatic rings. The summed E-state index contributed by atoms with van der Waals surface area (Å²) in [5.74, 6) is 0.700. The lowest BCUT2D eigenvalue weighted by Crippen LogP contribution is -1.69. The molecule has 3 heteroatoms. The van der Waals surface area contributed by atoms with Gasteiger partial charge in [0, 0.05) is 0 Å². The van der Waals surface area contributed by atoms with Gasteiger partial charge in [0.2, 0.25) is 0 Å². The molecule has 1 heterocycles. The Balaban J connectivity index is 2.45. The zero-order chi connectivity index (χ0) is 4.41. The molecule has 34 valence electrons. The van der Waals surface area contributed by atoms with Crippen LogP contribution in [0.25, 0.3) is 0 Å². The second-order valence-corrected chi connectivity index (χ2v) is 2.12. The average Bonchev–Trinajstić information content (AvgIpc) is 1.86. The van der Waals surface area contributed by atoms with Crippen molar-refractivity contribution in [3.8, 4) is 0 Å². The molecule has 0 amide bonds. The van der Waals surface area contributed by atoms with Crippen LogP contribution in [0.2, 0.25) is 0 Å². The van der Waals surface area contributed by atoms with Crippen LogP contribution in [0.4, 0.5) is 0 Å². The van der Waals surface area contributed by atoms with Gasteiger partial charge in [-0.3, -0.25) is 0 Å². The van der Waals surface area contributed by atoms with Crippen LogP contribution in [0, 0.1) is 0 Å². The van der Waals surface area contributed by atoms with Gasteiger partial charge in [-0.15, -0.1) is 0 Å². The molecule has 0 aromatic carbocycles. The Hall–Kier alpha value is -0.180. The standard InChI is InChI=1S/C3H5NOS/c1-3-4-5-2-6-3/h2H2,1H3. The summed E-state index contributed by atoms with van der Waals surface area (Å²) in [7, 11) is 0. The number of thioether (sulfide) groups is 1. The molecule has 0 aromatic heterocycles. The van der Waals surface area contributed by atoms with Crippen molar-refractivity contribution in [2.45, 2.75) is 6.92 Å². The maximum Gasteiger partial charge on any atom is 0.168 e. The molecule has 2 nitrogen and oxygen atoms in total. The second kappa shape index (κ2) is 1.51. The SMILES string of the molecule is CC1=NOCS1. The third-order valence-corrected chi connectivity index (χ3v) is 1.23. The van der Waals surface area contributed by atoms with E-state index in [9.17, 15) is 0 Å². The van der Waals surface area contributed by atoms with Gasteiger partial charge in [-0.05, 0) is 6.92 Å². The van der Waals surface area contributed by atoms with Crippen molar-refractivity contribution in [1.29, 1.82) is 0 Å². The molecule has 0 atom stereocenters. The van der Waals surface area contributed by atoms with E-state index < -0.39 is 0 Å². The van der Waals surface area contributed by atoms with E-state index in [4.69, 9.17) is 0 Å². The zero-order valence-electron chi connectivity index (χ0n) is 3.47. The van der Waals surface area contributed by atoms with Gasteiger partial charge in [-0.1, -0.05) is 16.9 Å². The highest BCUT2D eigenvalue weighted by Crippen LogP contribution is 2.10. The van der Waals surface area contributed by atoms with Gasteiger partial charge in [0.15, 0.2) is 5.94 Å². The minimum atomic E-state index is 0.700. The van der Waals surface area contributed by atoms with E-state index in [0.29, 0.717) is 5.94 Å². The summed E-state index contributed by atoms with van der Waals surface area (Å²) < 4.78 is 0. The van der Waals surface area contributed by atoms with Gasteiger partial charge in [0.1, 0.15) is 5.04 Å². The number of hydrogen-bond donors (Lipinski definition) is 0. The maximum atomic E-state index is 4.61. The normalized spacial score (nSPS) is 19.8. The summed E-state index contributed by atoms with van der Waals surface area (Å²) in [6, 6.07) is 0. The molecule has 0 aliphatic carbocycles. The Morgan fingerprint density at radius 1 is 2.00 bits per heavy atom. The van der Waals surface area contributed by atoms with Crippen molar-refractivity contribution in [1.82, 2.24) is 0 Å². The predicted octanol–water partition coefficient (Wildman–Crippen LogP) is 1.04. The maximum absolute atomic E-state index is 4.61. The highest BCUT2D eigenvalue weighted by Gasteiger charge is 1.98. The molecule has 0 radical (unpaired) electrons. The fraction of sp³-hybridized carbons (Fsp3) is 0.667. The smallest absolute Gasteiger partial charge is 0.168 e. The molecular formula is C3H5NOS. The molecule has 0 N–H and O–H groups in total. The topological polar surface area (TPSA) is 21.6 Å². The van der Waals surface area contributed by atoms with Crippen LogP contribution in [0.3, 0.4) is 0 Å². The van der Waals surface area contributed by atoms with E-state index in [1.54, 1.807) is 11.8 Å². The highest BCUT2D eigenvalue weighted by molar-refractivity contribution is 8.13. The molecule has 1 aliphatic heterocycles. The van der Waals surface area contributed by atoms with E-state index in [0.717, 1.165) is 5.04 Å². The van der Waals surface area contributed by atoms with E-state index >= 15 is 0 Å². The first kappa shape index (κ1) is 3.99. The van der Waals surface area contributed by atoms with Crippen molar-refractivity contribution in [2.75, 3.05) is 5.94 Å². The summed E-state index contributed by atoms with van der Waals surface area (Å²) >= 11 is 1.62. The predicted molar refractivity (Wildman–Crippen MR) is 26.7 cm³/mol. The van der Waals surface area contributed by atoms with E-state index in [-0.39, 0.29) is 0 Å². The number of rotatable bonds is 0. The fourth-order valence-electron chi connectivity index (χ4n) is 0.255. The summed E-state index contributed by atoms with van der Waals surface area (Å²) in [5.41, 5.74) is 0. The molecule has 0 saturated carbocycles. The van der Waals surface area contributed by atoms with Crippen LogP contribution in [-0.4, -0.2) is 11.0 Å². The largest absolute Gasteiger partial charge is 0.384 e. The van der Waals surface area contributed by atoms with Crippen LogP contribution in [0.1, 0.15) is 6.92 Å². The van der Waals surface area contributed by atoms with Crippen molar-refractivity contribution in [2.24, 2.45) is 5.16 Å². The van der Waals surface area contributed by atoms with Gasteiger partial charge < -0.3 is 4.84 Å². The van der Waals surface area contributed by atoms with Crippen LogP contribution >= 0.6 is 11.8 Å². The van der Waals surface area contributed by atoms with Crippen LogP contribution in [0.15, 0.2) is 5.16 Å². The lowest BCUT2D eigenvalue weighted by molar-refractivity contribution is 0.204. The van der Waals surface area contributed by atoms with Crippen LogP contribution in [-0.2, 0) is 4.84 Å². The van der Waals surface area contributed by atoms with Crippen molar-refractivity contribution in [3.63, 3.8) is 0 Å². The Labute approximate surface area is 40.5 Å². The Morgan fingerprint density at radius 3 is 3.00 bits per heavy atom. The second-order valence-electron chi connectivity index (χ2n) is 1.00. The zero-order valence-corrected chi connectivity index (χ0v) is 4.29. The Bertz CT molecular complexity index is 80.9. The third-order valence-electron chi connectivity index (χ3n) is 0.514. The molecule has 0 fully saturated rings. The minimum absolute atomic E-state index is 0.700. The third kappa shape index (κ3) is 0.653. The molecule has 0 unspecified atom stereocenters. The molecule has 6 heavy (non-hydrogen) atoms. The summed E-state index contributed by atoms with van der Waals surface area (Å²) in [6.45, 7) is 1.93. The Morgan fingerprint density at radius 2 is 2.83 bits per heavy atom. The molecule has 0 spiro atoms. The molecular weight excluding hydrogens is 98.1 g/mol. The van der Waals surface area contributed by atoms with Gasteiger partial charge in [0.05, 0.1) is 0 Å². The van der Waals surface area contributed by atoms with Crippen molar-refractivity contribution in [3.05, 3.63) is 0 Å². The highest BCUT2D eigenvalue weighted by atomic mass is 32.2. The van der Waals surface area contributed by atoms with Crippen LogP contribution in [0.5, 0.6) is 0 Å². The minimum Gasteiger partial charge on any atom is -0.384 e. The number of hydrogen-bond acceptors (Lipinski definition) is 3. The van der Waals surface area contributed by atoms with Gasteiger partial charge in [0.25, 0.3) is 0 Å². The van der Waals surface area contributed by atoms with Gasteiger partial charge in [-0.25, -0.2) is 0 Å². The summed E-state index contributed by atoms with van der Waals surface area (Å²) in [4.78, 5) is 4.61. The number of oxime groups is 1. The monoisotopic (exact) mass is 103 g/mol. The van der Waals surface area contributed by atoms with E-state index in [1.165, 1.54) is 0 Å². The lowest BCUT2D eigenvalue weighted by atomic mass is 10.9. The van der Waals surface area contributed by atoms with Gasteiger partial charge >= 0.3 is 0 Å². The average molecular weight is 103 g/mol. The quantitative estimate of drug-likeness (QED) is 0.457. The summed E-state index contributed by atoms with van der Waals surface area (Å²) in [6.07, 6.45) is 0. The molecule has 1 rings (SSSR count). The van der Waals surface area contributed by atoms with Crippen molar-refractivity contribution >= 4 is 16.8 Å². The summed E-state index contributed by atoms with van der Waals surface area (Å²) in [5, 5.41) is 4.64. The number of nitrogens with zero attached hydrogens (tertiary/aromatic N) is 1. The van der Waals surface area contributed by atoms with E-state index in [1.807, 2.05) is 6.92 Å².